The SMILES string of the molecule is CNC(=O)CN(C)C(=O)C1(CN)CCC1. The molecule has 1 aliphatic rings. The highest BCUT2D eigenvalue weighted by Gasteiger charge is 2.44. The van der Waals surface area contributed by atoms with E-state index in [9.17, 15) is 9.59 Å². The van der Waals surface area contributed by atoms with Crippen molar-refractivity contribution >= 4 is 11.8 Å². The summed E-state index contributed by atoms with van der Waals surface area (Å²) in [5.41, 5.74) is 5.24. The molecule has 0 unspecified atom stereocenters. The first-order valence-corrected chi connectivity index (χ1v) is 5.22. The number of nitrogens with two attached hydrogens (primary N) is 1. The molecule has 0 saturated heterocycles. The number of hydrogen-bond acceptors (Lipinski definition) is 3. The quantitative estimate of drug-likeness (QED) is 0.649. The summed E-state index contributed by atoms with van der Waals surface area (Å²) < 4.78 is 0. The van der Waals surface area contributed by atoms with Gasteiger partial charge in [0.05, 0.1) is 12.0 Å². The fourth-order valence-corrected chi connectivity index (χ4v) is 1.88. The van der Waals surface area contributed by atoms with Crippen molar-refractivity contribution in [3.05, 3.63) is 0 Å². The number of hydrogen-bond donors (Lipinski definition) is 2. The van der Waals surface area contributed by atoms with Crippen LogP contribution in [0.4, 0.5) is 0 Å². The Balaban J connectivity index is 2.55. The zero-order valence-electron chi connectivity index (χ0n) is 9.38. The van der Waals surface area contributed by atoms with E-state index in [1.54, 1.807) is 14.1 Å². The zero-order chi connectivity index (χ0) is 11.5. The minimum Gasteiger partial charge on any atom is -0.358 e. The van der Waals surface area contributed by atoms with Gasteiger partial charge in [0, 0.05) is 20.6 Å². The van der Waals surface area contributed by atoms with Gasteiger partial charge in [-0.05, 0) is 12.8 Å². The molecule has 0 aromatic carbocycles. The average molecular weight is 213 g/mol. The number of amides is 2. The van der Waals surface area contributed by atoms with Gasteiger partial charge in [-0.2, -0.15) is 0 Å². The van der Waals surface area contributed by atoms with Gasteiger partial charge in [-0.1, -0.05) is 6.42 Å². The monoisotopic (exact) mass is 213 g/mol. The standard InChI is InChI=1S/C10H19N3O2/c1-12-8(14)6-13(2)9(15)10(7-11)4-3-5-10/h3-7,11H2,1-2H3,(H,12,14). The molecule has 0 bridgehead atoms. The molecule has 0 radical (unpaired) electrons. The third-order valence-corrected chi connectivity index (χ3v) is 3.16. The molecule has 15 heavy (non-hydrogen) atoms. The number of nitrogens with zero attached hydrogens (tertiary/aromatic N) is 1. The summed E-state index contributed by atoms with van der Waals surface area (Å²) in [6.45, 7) is 0.487. The predicted octanol–water partition coefficient (Wildman–Crippen LogP) is -0.680. The van der Waals surface area contributed by atoms with Crippen LogP contribution in [0.5, 0.6) is 0 Å². The van der Waals surface area contributed by atoms with Crippen molar-refractivity contribution in [1.82, 2.24) is 10.2 Å². The number of likely N-dealkylation sites (N-methyl/N-ethyl adjacent to an activating group) is 2. The van der Waals surface area contributed by atoms with Gasteiger partial charge >= 0.3 is 0 Å². The molecule has 0 atom stereocenters. The second-order valence-electron chi connectivity index (χ2n) is 4.17. The molecule has 86 valence electrons. The molecule has 1 fully saturated rings. The lowest BCUT2D eigenvalue weighted by molar-refractivity contribution is -0.147. The lowest BCUT2D eigenvalue weighted by Crippen LogP contribution is -2.52. The number of rotatable bonds is 4. The zero-order valence-corrected chi connectivity index (χ0v) is 9.38. The average Bonchev–Trinajstić information content (AvgIpc) is 2.16. The van der Waals surface area contributed by atoms with Gasteiger partial charge in [-0.25, -0.2) is 0 Å². The maximum atomic E-state index is 12.0. The molecule has 5 heteroatoms. The molecule has 3 N–H and O–H groups in total. The summed E-state index contributed by atoms with van der Waals surface area (Å²) >= 11 is 0. The van der Waals surface area contributed by atoms with Crippen molar-refractivity contribution in [1.29, 1.82) is 0 Å². The normalized spacial score (nSPS) is 17.8. The first-order chi connectivity index (χ1) is 7.05. The second kappa shape index (κ2) is 4.61. The van der Waals surface area contributed by atoms with Gasteiger partial charge in [0.15, 0.2) is 0 Å². The topological polar surface area (TPSA) is 75.4 Å². The van der Waals surface area contributed by atoms with E-state index in [0.717, 1.165) is 19.3 Å². The highest BCUT2D eigenvalue weighted by molar-refractivity contribution is 5.88. The molecule has 0 spiro atoms. The lowest BCUT2D eigenvalue weighted by Gasteiger charge is -2.41. The molecule has 0 aromatic heterocycles. The maximum Gasteiger partial charge on any atom is 0.239 e. The maximum absolute atomic E-state index is 12.0. The van der Waals surface area contributed by atoms with Crippen LogP contribution >= 0.6 is 0 Å². The van der Waals surface area contributed by atoms with Crippen molar-refractivity contribution in [3.63, 3.8) is 0 Å². The van der Waals surface area contributed by atoms with Crippen LogP contribution in [0.25, 0.3) is 0 Å². The van der Waals surface area contributed by atoms with Gasteiger partial charge in [0.1, 0.15) is 0 Å². The highest BCUT2D eigenvalue weighted by Crippen LogP contribution is 2.41. The Morgan fingerprint density at radius 3 is 2.40 bits per heavy atom. The van der Waals surface area contributed by atoms with E-state index >= 15 is 0 Å². The molecule has 0 aromatic rings. The van der Waals surface area contributed by atoms with Crippen LogP contribution in [-0.4, -0.2) is 43.9 Å². The van der Waals surface area contributed by atoms with Crippen LogP contribution < -0.4 is 11.1 Å². The van der Waals surface area contributed by atoms with E-state index in [-0.39, 0.29) is 23.8 Å². The molecule has 0 heterocycles. The van der Waals surface area contributed by atoms with Crippen LogP contribution in [0.15, 0.2) is 0 Å². The van der Waals surface area contributed by atoms with Crippen molar-refractivity contribution in [2.24, 2.45) is 11.1 Å². The number of carbonyl (C=O) groups excluding carboxylic acids is 2. The third-order valence-electron chi connectivity index (χ3n) is 3.16. The van der Waals surface area contributed by atoms with Crippen LogP contribution in [-0.2, 0) is 9.59 Å². The van der Waals surface area contributed by atoms with Crippen LogP contribution in [0.3, 0.4) is 0 Å². The van der Waals surface area contributed by atoms with Gasteiger partial charge in [-0.15, -0.1) is 0 Å². The second-order valence-corrected chi connectivity index (χ2v) is 4.17. The summed E-state index contributed by atoms with van der Waals surface area (Å²) in [5, 5.41) is 2.49. The van der Waals surface area contributed by atoms with E-state index in [0.29, 0.717) is 6.54 Å². The highest BCUT2D eigenvalue weighted by atomic mass is 16.2. The fraction of sp³-hybridized carbons (Fsp3) is 0.800. The smallest absolute Gasteiger partial charge is 0.239 e. The Labute approximate surface area is 90.0 Å². The summed E-state index contributed by atoms with van der Waals surface area (Å²) in [6.07, 6.45) is 2.75. The van der Waals surface area contributed by atoms with E-state index in [1.165, 1.54) is 4.90 Å². The summed E-state index contributed by atoms with van der Waals surface area (Å²) in [5.74, 6) is -0.155. The van der Waals surface area contributed by atoms with Crippen LogP contribution in [0.1, 0.15) is 19.3 Å². The minimum atomic E-state index is -0.386. The van der Waals surface area contributed by atoms with E-state index in [4.69, 9.17) is 5.73 Å². The molecular formula is C10H19N3O2. The van der Waals surface area contributed by atoms with Crippen molar-refractivity contribution in [3.8, 4) is 0 Å². The van der Waals surface area contributed by atoms with Crippen molar-refractivity contribution < 1.29 is 9.59 Å². The van der Waals surface area contributed by atoms with E-state index in [1.807, 2.05) is 0 Å². The van der Waals surface area contributed by atoms with Gasteiger partial charge < -0.3 is 16.0 Å². The molecular weight excluding hydrogens is 194 g/mol. The van der Waals surface area contributed by atoms with Crippen LogP contribution in [0, 0.1) is 5.41 Å². The number of nitrogens with one attached hydrogen (secondary N) is 1. The first-order valence-electron chi connectivity index (χ1n) is 5.22. The summed E-state index contributed by atoms with van der Waals surface area (Å²) in [4.78, 5) is 24.6. The molecule has 1 rings (SSSR count). The Morgan fingerprint density at radius 2 is 2.07 bits per heavy atom. The Kier molecular flexibility index (Phi) is 3.68. The molecule has 5 nitrogen and oxygen atoms in total. The fourth-order valence-electron chi connectivity index (χ4n) is 1.88. The van der Waals surface area contributed by atoms with Gasteiger partial charge in [-0.3, -0.25) is 9.59 Å². The van der Waals surface area contributed by atoms with Crippen molar-refractivity contribution in [2.45, 2.75) is 19.3 Å². The molecule has 1 aliphatic carbocycles. The van der Waals surface area contributed by atoms with Crippen molar-refractivity contribution in [2.75, 3.05) is 27.2 Å². The largest absolute Gasteiger partial charge is 0.358 e. The Hall–Kier alpha value is -1.10. The molecule has 0 aliphatic heterocycles. The first kappa shape index (κ1) is 12.0. The summed E-state index contributed by atoms with van der Waals surface area (Å²) in [6, 6.07) is 0. The van der Waals surface area contributed by atoms with Crippen LogP contribution in [0.2, 0.25) is 0 Å². The summed E-state index contributed by atoms with van der Waals surface area (Å²) in [7, 11) is 3.20. The lowest BCUT2D eigenvalue weighted by atomic mass is 9.68. The van der Waals surface area contributed by atoms with Gasteiger partial charge in [0.25, 0.3) is 0 Å². The number of carbonyl (C=O) groups is 2. The predicted molar refractivity (Wildman–Crippen MR) is 57.0 cm³/mol. The Bertz CT molecular complexity index is 256. The molecule has 2 amide bonds. The molecule has 1 saturated carbocycles. The third kappa shape index (κ3) is 2.28. The Morgan fingerprint density at radius 1 is 1.47 bits per heavy atom. The van der Waals surface area contributed by atoms with Gasteiger partial charge in [0.2, 0.25) is 11.8 Å². The van der Waals surface area contributed by atoms with E-state index < -0.39 is 0 Å². The van der Waals surface area contributed by atoms with E-state index in [2.05, 4.69) is 5.32 Å². The minimum absolute atomic E-state index is 0.000139.